The lowest BCUT2D eigenvalue weighted by Gasteiger charge is -2.05. The summed E-state index contributed by atoms with van der Waals surface area (Å²) >= 11 is 17.7. The number of ketones is 1. The Morgan fingerprint density at radius 1 is 0.824 bits per heavy atom. The van der Waals surface area contributed by atoms with Gasteiger partial charge in [-0.05, 0) is 30.3 Å². The summed E-state index contributed by atoms with van der Waals surface area (Å²) in [4.78, 5) is 12.2. The number of rotatable bonds is 2. The lowest BCUT2D eigenvalue weighted by atomic mass is 10.0. The maximum Gasteiger partial charge on any atom is 0.196 e. The smallest absolute Gasteiger partial charge is 0.196 e. The first-order valence-electron chi connectivity index (χ1n) is 4.84. The summed E-state index contributed by atoms with van der Waals surface area (Å²) in [6, 6.07) is 11.6. The summed E-state index contributed by atoms with van der Waals surface area (Å²) in [7, 11) is 0. The lowest BCUT2D eigenvalue weighted by molar-refractivity contribution is 0.103. The molecule has 0 amide bonds. The van der Waals surface area contributed by atoms with Crippen LogP contribution < -0.4 is 0 Å². The zero-order chi connectivity index (χ0) is 12.4. The predicted molar refractivity (Wildman–Crippen MR) is 71.3 cm³/mol. The van der Waals surface area contributed by atoms with Crippen LogP contribution in [0.1, 0.15) is 15.9 Å². The second-order valence-electron chi connectivity index (χ2n) is 3.43. The molecule has 0 atom stereocenters. The van der Waals surface area contributed by atoms with Gasteiger partial charge in [0.05, 0.1) is 10.0 Å². The molecule has 0 unspecified atom stereocenters. The van der Waals surface area contributed by atoms with Crippen LogP contribution in [0.2, 0.25) is 15.1 Å². The molecular weight excluding hydrogens is 279 g/mol. The second kappa shape index (κ2) is 5.09. The molecule has 0 saturated heterocycles. The highest BCUT2D eigenvalue weighted by molar-refractivity contribution is 6.39. The Morgan fingerprint density at radius 2 is 1.47 bits per heavy atom. The largest absolute Gasteiger partial charge is 0.288 e. The average molecular weight is 286 g/mol. The molecule has 86 valence electrons. The van der Waals surface area contributed by atoms with Crippen molar-refractivity contribution in [1.82, 2.24) is 0 Å². The van der Waals surface area contributed by atoms with Gasteiger partial charge in [0.1, 0.15) is 0 Å². The topological polar surface area (TPSA) is 17.1 Å². The van der Waals surface area contributed by atoms with E-state index in [0.717, 1.165) is 0 Å². The van der Waals surface area contributed by atoms with Gasteiger partial charge in [-0.25, -0.2) is 0 Å². The van der Waals surface area contributed by atoms with Crippen LogP contribution in [0, 0.1) is 0 Å². The summed E-state index contributed by atoms with van der Waals surface area (Å²) in [6.07, 6.45) is 0. The van der Waals surface area contributed by atoms with E-state index in [4.69, 9.17) is 34.8 Å². The fraction of sp³-hybridized carbons (Fsp3) is 0. The molecule has 17 heavy (non-hydrogen) atoms. The third-order valence-electron chi connectivity index (χ3n) is 2.29. The molecule has 0 heterocycles. The molecule has 0 fully saturated rings. The van der Waals surface area contributed by atoms with Gasteiger partial charge in [-0.15, -0.1) is 0 Å². The van der Waals surface area contributed by atoms with E-state index in [1.807, 2.05) is 0 Å². The van der Waals surface area contributed by atoms with Gasteiger partial charge in [0.15, 0.2) is 5.78 Å². The van der Waals surface area contributed by atoms with E-state index in [1.54, 1.807) is 36.4 Å². The highest BCUT2D eigenvalue weighted by atomic mass is 35.5. The van der Waals surface area contributed by atoms with Crippen LogP contribution >= 0.6 is 34.8 Å². The van der Waals surface area contributed by atoms with Crippen molar-refractivity contribution >= 4 is 40.6 Å². The van der Waals surface area contributed by atoms with Crippen molar-refractivity contribution in [1.29, 1.82) is 0 Å². The van der Waals surface area contributed by atoms with Crippen LogP contribution in [0.5, 0.6) is 0 Å². The highest BCUT2D eigenvalue weighted by Gasteiger charge is 2.15. The molecule has 0 N–H and O–H groups in total. The average Bonchev–Trinajstić information content (AvgIpc) is 2.29. The summed E-state index contributed by atoms with van der Waals surface area (Å²) in [5, 5.41) is 1.22. The first-order chi connectivity index (χ1) is 8.09. The van der Waals surface area contributed by atoms with Crippen molar-refractivity contribution in [2.45, 2.75) is 0 Å². The van der Waals surface area contributed by atoms with Crippen molar-refractivity contribution in [3.05, 3.63) is 68.7 Å². The summed E-state index contributed by atoms with van der Waals surface area (Å²) in [5.41, 5.74) is 0.822. The van der Waals surface area contributed by atoms with Crippen LogP contribution in [-0.4, -0.2) is 5.78 Å². The molecule has 0 bridgehead atoms. The number of hydrogen-bond donors (Lipinski definition) is 0. The molecule has 0 aromatic heterocycles. The fourth-order valence-electron chi connectivity index (χ4n) is 1.46. The minimum atomic E-state index is -0.211. The normalized spacial score (nSPS) is 10.3. The van der Waals surface area contributed by atoms with E-state index in [1.165, 1.54) is 6.07 Å². The van der Waals surface area contributed by atoms with Gasteiger partial charge in [-0.2, -0.15) is 0 Å². The molecule has 2 aromatic rings. The molecule has 0 aliphatic heterocycles. The van der Waals surface area contributed by atoms with Gasteiger partial charge in [0.2, 0.25) is 0 Å². The second-order valence-corrected chi connectivity index (χ2v) is 4.68. The zero-order valence-electron chi connectivity index (χ0n) is 8.58. The minimum absolute atomic E-state index is 0.211. The summed E-state index contributed by atoms with van der Waals surface area (Å²) in [5.74, 6) is -0.211. The van der Waals surface area contributed by atoms with E-state index in [2.05, 4.69) is 0 Å². The van der Waals surface area contributed by atoms with Crippen LogP contribution in [-0.2, 0) is 0 Å². The molecule has 2 rings (SSSR count). The van der Waals surface area contributed by atoms with E-state index in [0.29, 0.717) is 26.2 Å². The Balaban J connectivity index is 2.48. The van der Waals surface area contributed by atoms with E-state index in [9.17, 15) is 4.79 Å². The zero-order valence-corrected chi connectivity index (χ0v) is 10.9. The number of benzene rings is 2. The third-order valence-corrected chi connectivity index (χ3v) is 3.17. The van der Waals surface area contributed by atoms with Crippen LogP contribution in [0.25, 0.3) is 0 Å². The molecule has 0 saturated carbocycles. The summed E-state index contributed by atoms with van der Waals surface area (Å²) < 4.78 is 0. The quantitative estimate of drug-likeness (QED) is 0.719. The Hall–Kier alpha value is -1.02. The van der Waals surface area contributed by atoms with Crippen LogP contribution in [0.3, 0.4) is 0 Å². The molecule has 0 radical (unpaired) electrons. The predicted octanol–water partition coefficient (Wildman–Crippen LogP) is 4.88. The number of halogens is 3. The van der Waals surface area contributed by atoms with Crippen LogP contribution in [0.4, 0.5) is 0 Å². The van der Waals surface area contributed by atoms with E-state index >= 15 is 0 Å². The molecule has 1 nitrogen and oxygen atoms in total. The Labute approximate surface area is 114 Å². The van der Waals surface area contributed by atoms with E-state index < -0.39 is 0 Å². The number of carbonyl (C=O) groups is 1. The van der Waals surface area contributed by atoms with Gasteiger partial charge in [0, 0.05) is 16.1 Å². The Kier molecular flexibility index (Phi) is 3.72. The van der Waals surface area contributed by atoms with Gasteiger partial charge >= 0.3 is 0 Å². The molecule has 0 aliphatic carbocycles. The number of hydrogen-bond acceptors (Lipinski definition) is 1. The van der Waals surface area contributed by atoms with Crippen LogP contribution in [0.15, 0.2) is 42.5 Å². The maximum absolute atomic E-state index is 12.2. The molecular formula is C13H7Cl3O. The highest BCUT2D eigenvalue weighted by Crippen LogP contribution is 2.26. The Morgan fingerprint density at radius 3 is 2.12 bits per heavy atom. The van der Waals surface area contributed by atoms with Gasteiger partial charge in [0.25, 0.3) is 0 Å². The van der Waals surface area contributed by atoms with Gasteiger partial charge in [-0.1, -0.05) is 46.9 Å². The van der Waals surface area contributed by atoms with Crippen molar-refractivity contribution in [3.8, 4) is 0 Å². The molecule has 2 aromatic carbocycles. The maximum atomic E-state index is 12.2. The molecule has 0 aliphatic rings. The monoisotopic (exact) mass is 284 g/mol. The van der Waals surface area contributed by atoms with Crippen molar-refractivity contribution in [2.24, 2.45) is 0 Å². The third kappa shape index (κ3) is 2.63. The van der Waals surface area contributed by atoms with Gasteiger partial charge in [-0.3, -0.25) is 4.79 Å². The fourth-order valence-corrected chi connectivity index (χ4v) is 2.18. The number of carbonyl (C=O) groups excluding carboxylic acids is 1. The first kappa shape index (κ1) is 12.4. The molecule has 4 heteroatoms. The minimum Gasteiger partial charge on any atom is -0.288 e. The SMILES string of the molecule is O=C(c1ccccc1Cl)c1ccc(Cl)cc1Cl. The van der Waals surface area contributed by atoms with E-state index in [-0.39, 0.29) is 5.78 Å². The molecule has 0 spiro atoms. The van der Waals surface area contributed by atoms with Gasteiger partial charge < -0.3 is 0 Å². The summed E-state index contributed by atoms with van der Waals surface area (Å²) in [6.45, 7) is 0. The van der Waals surface area contributed by atoms with Crippen molar-refractivity contribution < 1.29 is 4.79 Å². The van der Waals surface area contributed by atoms with Crippen molar-refractivity contribution in [2.75, 3.05) is 0 Å². The van der Waals surface area contributed by atoms with Crippen molar-refractivity contribution in [3.63, 3.8) is 0 Å². The lowest BCUT2D eigenvalue weighted by Crippen LogP contribution is -2.02. The standard InChI is InChI=1S/C13H7Cl3O/c14-8-5-6-10(12(16)7-8)13(17)9-3-1-2-4-11(9)15/h1-7H. The Bertz CT molecular complexity index is 579. The first-order valence-corrected chi connectivity index (χ1v) is 5.97.